The quantitative estimate of drug-likeness (QED) is 0.891. The first-order valence-electron chi connectivity index (χ1n) is 7.55. The molecular formula is C18H19ClN2O. The normalized spacial score (nSPS) is 14.9. The molecule has 0 bridgehead atoms. The van der Waals surface area contributed by atoms with Crippen LogP contribution in [-0.2, 0) is 25.9 Å². The SMILES string of the molecule is Cl.O=C(Nc1ccc2c(c1)CCC2)c1ccc2c(c1)CNC2. The number of fused-ring (bicyclic) bond motifs is 2. The number of aryl methyl sites for hydroxylation is 2. The van der Waals surface area contributed by atoms with Crippen molar-refractivity contribution in [1.82, 2.24) is 5.32 Å². The summed E-state index contributed by atoms with van der Waals surface area (Å²) >= 11 is 0. The molecule has 3 nitrogen and oxygen atoms in total. The lowest BCUT2D eigenvalue weighted by atomic mass is 10.1. The highest BCUT2D eigenvalue weighted by atomic mass is 35.5. The van der Waals surface area contributed by atoms with Crippen molar-refractivity contribution in [2.45, 2.75) is 32.4 Å². The Hall–Kier alpha value is -1.84. The van der Waals surface area contributed by atoms with E-state index in [1.807, 2.05) is 24.3 Å². The smallest absolute Gasteiger partial charge is 0.255 e. The Kier molecular flexibility index (Phi) is 4.19. The fourth-order valence-corrected chi connectivity index (χ4v) is 3.29. The predicted molar refractivity (Wildman–Crippen MR) is 90.7 cm³/mol. The van der Waals surface area contributed by atoms with E-state index >= 15 is 0 Å². The molecule has 2 N–H and O–H groups in total. The van der Waals surface area contributed by atoms with Crippen LogP contribution in [0.25, 0.3) is 0 Å². The van der Waals surface area contributed by atoms with Crippen LogP contribution < -0.4 is 10.6 Å². The second kappa shape index (κ2) is 6.11. The number of hydrogen-bond donors (Lipinski definition) is 2. The number of nitrogens with one attached hydrogen (secondary N) is 2. The molecule has 1 heterocycles. The van der Waals surface area contributed by atoms with Crippen LogP contribution in [0.2, 0.25) is 0 Å². The minimum absolute atomic E-state index is 0. The van der Waals surface area contributed by atoms with Crippen molar-refractivity contribution < 1.29 is 4.79 Å². The zero-order valence-electron chi connectivity index (χ0n) is 12.3. The van der Waals surface area contributed by atoms with Gasteiger partial charge in [-0.1, -0.05) is 12.1 Å². The highest BCUT2D eigenvalue weighted by Gasteiger charge is 2.15. The lowest BCUT2D eigenvalue weighted by Gasteiger charge is -2.08. The van der Waals surface area contributed by atoms with Gasteiger partial charge >= 0.3 is 0 Å². The van der Waals surface area contributed by atoms with Crippen molar-refractivity contribution in [3.05, 3.63) is 64.2 Å². The number of amides is 1. The van der Waals surface area contributed by atoms with Gasteiger partial charge in [0.2, 0.25) is 0 Å². The average Bonchev–Trinajstić information content (AvgIpc) is 3.14. The van der Waals surface area contributed by atoms with Crippen LogP contribution in [0, 0.1) is 0 Å². The van der Waals surface area contributed by atoms with Crippen LogP contribution in [0.4, 0.5) is 5.69 Å². The van der Waals surface area contributed by atoms with Gasteiger partial charge in [0.15, 0.2) is 0 Å². The largest absolute Gasteiger partial charge is 0.322 e. The van der Waals surface area contributed by atoms with Gasteiger partial charge in [-0.25, -0.2) is 0 Å². The molecule has 4 rings (SSSR count). The summed E-state index contributed by atoms with van der Waals surface area (Å²) in [6.45, 7) is 1.76. The van der Waals surface area contributed by atoms with E-state index in [0.717, 1.165) is 30.8 Å². The van der Waals surface area contributed by atoms with Gasteiger partial charge in [0.1, 0.15) is 0 Å². The second-order valence-electron chi connectivity index (χ2n) is 5.88. The average molecular weight is 315 g/mol. The molecular weight excluding hydrogens is 296 g/mol. The van der Waals surface area contributed by atoms with Crippen molar-refractivity contribution in [2.24, 2.45) is 0 Å². The Balaban J connectivity index is 0.00000144. The first-order valence-corrected chi connectivity index (χ1v) is 7.55. The number of carbonyl (C=O) groups is 1. The van der Waals surface area contributed by atoms with Crippen LogP contribution in [0.1, 0.15) is 39.0 Å². The first-order chi connectivity index (χ1) is 10.3. The molecule has 2 aromatic rings. The fraction of sp³-hybridized carbons (Fsp3) is 0.278. The van der Waals surface area contributed by atoms with Crippen molar-refractivity contribution >= 4 is 24.0 Å². The van der Waals surface area contributed by atoms with Gasteiger partial charge in [0, 0.05) is 24.3 Å². The Morgan fingerprint density at radius 3 is 2.59 bits per heavy atom. The first kappa shape index (κ1) is 15.1. The van der Waals surface area contributed by atoms with Crippen LogP contribution in [0.3, 0.4) is 0 Å². The lowest BCUT2D eigenvalue weighted by molar-refractivity contribution is 0.102. The zero-order valence-corrected chi connectivity index (χ0v) is 13.1. The van der Waals surface area contributed by atoms with Gasteiger partial charge < -0.3 is 10.6 Å². The van der Waals surface area contributed by atoms with E-state index in [4.69, 9.17) is 0 Å². The molecule has 0 spiro atoms. The summed E-state index contributed by atoms with van der Waals surface area (Å²) in [5.41, 5.74) is 6.97. The van der Waals surface area contributed by atoms with E-state index in [1.54, 1.807) is 0 Å². The van der Waals surface area contributed by atoms with Gasteiger partial charge in [-0.3, -0.25) is 4.79 Å². The Morgan fingerprint density at radius 2 is 1.68 bits per heavy atom. The molecule has 2 aliphatic rings. The van der Waals surface area contributed by atoms with Gasteiger partial charge in [0.25, 0.3) is 5.91 Å². The molecule has 0 radical (unpaired) electrons. The standard InChI is InChI=1S/C18H18N2O.ClH/c21-18(14-4-5-15-10-19-11-16(15)8-14)20-17-7-6-12-2-1-3-13(12)9-17;/h4-9,19H,1-3,10-11H2,(H,20,21);1H. The minimum atomic E-state index is -0.0253. The van der Waals surface area contributed by atoms with Crippen LogP contribution in [0.15, 0.2) is 36.4 Å². The summed E-state index contributed by atoms with van der Waals surface area (Å²) in [5, 5.41) is 6.32. The molecule has 22 heavy (non-hydrogen) atoms. The summed E-state index contributed by atoms with van der Waals surface area (Å²) in [6.07, 6.45) is 3.52. The highest BCUT2D eigenvalue weighted by molar-refractivity contribution is 6.04. The van der Waals surface area contributed by atoms with E-state index in [1.165, 1.54) is 35.1 Å². The Bertz CT molecular complexity index is 727. The molecule has 1 aliphatic carbocycles. The Morgan fingerprint density at radius 1 is 0.909 bits per heavy atom. The third kappa shape index (κ3) is 2.74. The maximum absolute atomic E-state index is 12.4. The fourth-order valence-electron chi connectivity index (χ4n) is 3.29. The maximum atomic E-state index is 12.4. The van der Waals surface area contributed by atoms with Crippen molar-refractivity contribution in [3.63, 3.8) is 0 Å². The molecule has 0 fully saturated rings. The number of halogens is 1. The number of hydrogen-bond acceptors (Lipinski definition) is 2. The van der Waals surface area contributed by atoms with Gasteiger partial charge in [0.05, 0.1) is 0 Å². The van der Waals surface area contributed by atoms with Crippen molar-refractivity contribution in [2.75, 3.05) is 5.32 Å². The zero-order chi connectivity index (χ0) is 14.2. The lowest BCUT2D eigenvalue weighted by Crippen LogP contribution is -2.12. The van der Waals surface area contributed by atoms with E-state index in [0.29, 0.717) is 0 Å². The molecule has 0 unspecified atom stereocenters. The summed E-state index contributed by atoms with van der Waals surface area (Å²) in [7, 11) is 0. The second-order valence-corrected chi connectivity index (χ2v) is 5.88. The number of rotatable bonds is 2. The molecule has 0 saturated carbocycles. The third-order valence-corrected chi connectivity index (χ3v) is 4.46. The topological polar surface area (TPSA) is 41.1 Å². The summed E-state index contributed by atoms with van der Waals surface area (Å²) in [5.74, 6) is -0.0253. The van der Waals surface area contributed by atoms with Gasteiger partial charge in [-0.2, -0.15) is 0 Å². The van der Waals surface area contributed by atoms with Crippen LogP contribution >= 0.6 is 12.4 Å². The monoisotopic (exact) mass is 314 g/mol. The van der Waals surface area contributed by atoms with E-state index in [2.05, 4.69) is 22.8 Å². The molecule has 1 amide bonds. The number of benzene rings is 2. The molecule has 0 atom stereocenters. The van der Waals surface area contributed by atoms with E-state index < -0.39 is 0 Å². The van der Waals surface area contributed by atoms with E-state index in [-0.39, 0.29) is 18.3 Å². The van der Waals surface area contributed by atoms with Crippen molar-refractivity contribution in [3.8, 4) is 0 Å². The third-order valence-electron chi connectivity index (χ3n) is 4.46. The number of anilines is 1. The molecule has 4 heteroatoms. The maximum Gasteiger partial charge on any atom is 0.255 e. The molecule has 114 valence electrons. The minimum Gasteiger partial charge on any atom is -0.322 e. The summed E-state index contributed by atoms with van der Waals surface area (Å²) < 4.78 is 0. The van der Waals surface area contributed by atoms with Gasteiger partial charge in [-0.05, 0) is 65.8 Å². The van der Waals surface area contributed by atoms with E-state index in [9.17, 15) is 4.79 Å². The molecule has 0 aromatic heterocycles. The van der Waals surface area contributed by atoms with Gasteiger partial charge in [-0.15, -0.1) is 12.4 Å². The Labute approximate surface area is 136 Å². The molecule has 0 saturated heterocycles. The number of carbonyl (C=O) groups excluding carboxylic acids is 1. The van der Waals surface area contributed by atoms with Crippen LogP contribution in [-0.4, -0.2) is 5.91 Å². The summed E-state index contributed by atoms with van der Waals surface area (Å²) in [6, 6.07) is 12.2. The van der Waals surface area contributed by atoms with Crippen LogP contribution in [0.5, 0.6) is 0 Å². The predicted octanol–water partition coefficient (Wildman–Crippen LogP) is 3.45. The summed E-state index contributed by atoms with van der Waals surface area (Å²) in [4.78, 5) is 12.4. The molecule has 1 aliphatic heterocycles. The highest BCUT2D eigenvalue weighted by Crippen LogP contribution is 2.25. The van der Waals surface area contributed by atoms with Crippen molar-refractivity contribution in [1.29, 1.82) is 0 Å². The molecule has 2 aromatic carbocycles.